The van der Waals surface area contributed by atoms with E-state index >= 15 is 0 Å². The first-order valence-electron chi connectivity index (χ1n) is 4.98. The Hall–Kier alpha value is -0.160. The summed E-state index contributed by atoms with van der Waals surface area (Å²) < 4.78 is 36.1. The first-order chi connectivity index (χ1) is 6.39. The molecule has 0 rings (SSSR count). The number of halogens is 1. The van der Waals surface area contributed by atoms with Gasteiger partial charge in [-0.05, 0) is 12.8 Å². The number of rotatable bonds is 7. The minimum absolute atomic E-state index is 0.0213. The molecule has 0 heterocycles. The third kappa shape index (κ3) is 4.91. The normalized spacial score (nSPS) is 16.6. The molecule has 3 nitrogen and oxygen atoms in total. The molecule has 2 N–H and O–H groups in total. The summed E-state index contributed by atoms with van der Waals surface area (Å²) in [5.74, 6) is -0.0308. The summed E-state index contributed by atoms with van der Waals surface area (Å²) in [6.45, 7) is 3.33. The molecular weight excluding hydrogens is 205 g/mol. The molecule has 1 atom stereocenters. The Labute approximate surface area is 85.8 Å². The molecule has 0 spiro atoms. The highest BCUT2D eigenvalue weighted by Crippen LogP contribution is 2.22. The first-order valence-corrected chi connectivity index (χ1v) is 6.80. The van der Waals surface area contributed by atoms with Gasteiger partial charge < -0.3 is 5.73 Å². The summed E-state index contributed by atoms with van der Waals surface area (Å²) >= 11 is 0. The summed E-state index contributed by atoms with van der Waals surface area (Å²) in [7, 11) is -3.08. The van der Waals surface area contributed by atoms with E-state index in [9.17, 15) is 12.8 Å². The zero-order valence-electron chi connectivity index (χ0n) is 8.92. The van der Waals surface area contributed by atoms with Gasteiger partial charge in [0, 0.05) is 12.3 Å². The van der Waals surface area contributed by atoms with E-state index in [1.807, 2.05) is 6.92 Å². The van der Waals surface area contributed by atoms with Gasteiger partial charge in [0.15, 0.2) is 0 Å². The molecule has 0 aromatic rings. The van der Waals surface area contributed by atoms with Crippen molar-refractivity contribution in [2.45, 2.75) is 38.8 Å². The highest BCUT2D eigenvalue weighted by atomic mass is 32.2. The van der Waals surface area contributed by atoms with Gasteiger partial charge in [-0.15, -0.1) is 0 Å². The number of hydrogen-bond acceptors (Lipinski definition) is 3. The fourth-order valence-corrected chi connectivity index (χ4v) is 2.23. The van der Waals surface area contributed by atoms with Gasteiger partial charge in [0.2, 0.25) is 0 Å². The molecule has 0 saturated carbocycles. The molecule has 86 valence electrons. The van der Waals surface area contributed by atoms with Crippen LogP contribution in [-0.4, -0.2) is 32.1 Å². The quantitative estimate of drug-likeness (QED) is 0.710. The Bertz CT molecular complexity index is 254. The molecule has 0 saturated heterocycles. The van der Waals surface area contributed by atoms with Gasteiger partial charge in [0.05, 0.1) is 5.75 Å². The van der Waals surface area contributed by atoms with Crippen LogP contribution in [0.25, 0.3) is 0 Å². The standard InChI is InChI=1S/C9H20FNO2S/c1-3-5-9(10,8-11)6-7-14(12,13)4-2/h3-8,11H2,1-2H3. The summed E-state index contributed by atoms with van der Waals surface area (Å²) in [6, 6.07) is 0. The third-order valence-electron chi connectivity index (χ3n) is 2.36. The van der Waals surface area contributed by atoms with Crippen molar-refractivity contribution >= 4 is 9.84 Å². The van der Waals surface area contributed by atoms with Crippen LogP contribution in [0.1, 0.15) is 33.1 Å². The van der Waals surface area contributed by atoms with Gasteiger partial charge in [-0.25, -0.2) is 12.8 Å². The van der Waals surface area contributed by atoms with Gasteiger partial charge in [-0.1, -0.05) is 20.3 Å². The fraction of sp³-hybridized carbons (Fsp3) is 1.00. The maximum Gasteiger partial charge on any atom is 0.150 e. The van der Waals surface area contributed by atoms with E-state index in [4.69, 9.17) is 5.73 Å². The van der Waals surface area contributed by atoms with Crippen LogP contribution in [0.2, 0.25) is 0 Å². The Morgan fingerprint density at radius 3 is 2.21 bits per heavy atom. The molecule has 0 aromatic carbocycles. The van der Waals surface area contributed by atoms with Gasteiger partial charge in [0.25, 0.3) is 0 Å². The van der Waals surface area contributed by atoms with Crippen LogP contribution in [0.5, 0.6) is 0 Å². The van der Waals surface area contributed by atoms with Crippen molar-refractivity contribution < 1.29 is 12.8 Å². The van der Waals surface area contributed by atoms with Gasteiger partial charge in [-0.2, -0.15) is 0 Å². The van der Waals surface area contributed by atoms with Crippen LogP contribution >= 0.6 is 0 Å². The number of nitrogens with two attached hydrogens (primary N) is 1. The predicted octanol–water partition coefficient (Wildman–Crippen LogP) is 1.28. The predicted molar refractivity (Wildman–Crippen MR) is 56.7 cm³/mol. The SMILES string of the molecule is CCCC(F)(CN)CCS(=O)(=O)CC. The average Bonchev–Trinajstić information content (AvgIpc) is 2.16. The lowest BCUT2D eigenvalue weighted by atomic mass is 9.97. The molecule has 14 heavy (non-hydrogen) atoms. The monoisotopic (exact) mass is 225 g/mol. The maximum absolute atomic E-state index is 13.8. The van der Waals surface area contributed by atoms with Crippen molar-refractivity contribution in [2.75, 3.05) is 18.1 Å². The van der Waals surface area contributed by atoms with E-state index < -0.39 is 15.5 Å². The number of alkyl halides is 1. The van der Waals surface area contributed by atoms with E-state index in [2.05, 4.69) is 0 Å². The minimum atomic E-state index is -3.08. The van der Waals surface area contributed by atoms with Gasteiger partial charge in [-0.3, -0.25) is 0 Å². The summed E-state index contributed by atoms with van der Waals surface area (Å²) in [5.41, 5.74) is 3.79. The highest BCUT2D eigenvalue weighted by Gasteiger charge is 2.28. The molecule has 0 aromatic heterocycles. The lowest BCUT2D eigenvalue weighted by molar-refractivity contribution is 0.153. The van der Waals surface area contributed by atoms with Crippen LogP contribution in [0, 0.1) is 0 Å². The molecule has 0 aliphatic rings. The van der Waals surface area contributed by atoms with E-state index in [1.54, 1.807) is 6.92 Å². The molecule has 0 amide bonds. The van der Waals surface area contributed by atoms with E-state index in [1.165, 1.54) is 0 Å². The molecule has 1 unspecified atom stereocenters. The van der Waals surface area contributed by atoms with Gasteiger partial charge in [0.1, 0.15) is 15.5 Å². The fourth-order valence-electron chi connectivity index (χ4n) is 1.26. The minimum Gasteiger partial charge on any atom is -0.328 e. The highest BCUT2D eigenvalue weighted by molar-refractivity contribution is 7.91. The molecule has 0 aliphatic heterocycles. The molecule has 0 aliphatic carbocycles. The van der Waals surface area contributed by atoms with Crippen molar-refractivity contribution in [3.05, 3.63) is 0 Å². The third-order valence-corrected chi connectivity index (χ3v) is 4.07. The Morgan fingerprint density at radius 1 is 1.29 bits per heavy atom. The van der Waals surface area contributed by atoms with Crippen molar-refractivity contribution in [3.8, 4) is 0 Å². The number of sulfone groups is 1. The van der Waals surface area contributed by atoms with Crippen LogP contribution in [0.4, 0.5) is 4.39 Å². The van der Waals surface area contributed by atoms with E-state index in [0.29, 0.717) is 12.8 Å². The molecule has 5 heteroatoms. The van der Waals surface area contributed by atoms with Crippen molar-refractivity contribution in [3.63, 3.8) is 0 Å². The lowest BCUT2D eigenvalue weighted by Gasteiger charge is -2.22. The summed E-state index contributed by atoms with van der Waals surface area (Å²) in [6.07, 6.45) is 1.04. The van der Waals surface area contributed by atoms with Crippen LogP contribution in [0.15, 0.2) is 0 Å². The lowest BCUT2D eigenvalue weighted by Crippen LogP contribution is -2.35. The van der Waals surface area contributed by atoms with Crippen molar-refractivity contribution in [1.29, 1.82) is 0 Å². The first kappa shape index (κ1) is 13.8. The molecule has 0 radical (unpaired) electrons. The second-order valence-electron chi connectivity index (χ2n) is 3.59. The van der Waals surface area contributed by atoms with Crippen molar-refractivity contribution in [1.82, 2.24) is 0 Å². The second kappa shape index (κ2) is 5.66. The Kier molecular flexibility index (Phi) is 5.59. The molecule has 0 fully saturated rings. The van der Waals surface area contributed by atoms with Gasteiger partial charge >= 0.3 is 0 Å². The summed E-state index contributed by atoms with van der Waals surface area (Å²) in [4.78, 5) is 0. The molecular formula is C9H20FNO2S. The Balaban J connectivity index is 4.21. The second-order valence-corrected chi connectivity index (χ2v) is 6.06. The topological polar surface area (TPSA) is 60.2 Å². The zero-order valence-corrected chi connectivity index (χ0v) is 9.74. The van der Waals surface area contributed by atoms with Crippen LogP contribution in [0.3, 0.4) is 0 Å². The Morgan fingerprint density at radius 2 is 1.86 bits per heavy atom. The van der Waals surface area contributed by atoms with E-state index in [0.717, 1.165) is 0 Å². The van der Waals surface area contributed by atoms with Crippen LogP contribution in [-0.2, 0) is 9.84 Å². The largest absolute Gasteiger partial charge is 0.328 e. The average molecular weight is 225 g/mol. The smallest absolute Gasteiger partial charge is 0.150 e. The van der Waals surface area contributed by atoms with Crippen LogP contribution < -0.4 is 5.73 Å². The zero-order chi connectivity index (χ0) is 11.2. The van der Waals surface area contributed by atoms with Crippen molar-refractivity contribution in [2.24, 2.45) is 5.73 Å². The summed E-state index contributed by atoms with van der Waals surface area (Å²) in [5, 5.41) is 0. The number of hydrogen-bond donors (Lipinski definition) is 1. The van der Waals surface area contributed by atoms with E-state index in [-0.39, 0.29) is 24.5 Å². The molecule has 0 bridgehead atoms. The maximum atomic E-state index is 13.8.